The van der Waals surface area contributed by atoms with Gasteiger partial charge in [-0.25, -0.2) is 4.68 Å². The number of thioether (sulfide) groups is 1. The van der Waals surface area contributed by atoms with Crippen LogP contribution in [0.5, 0.6) is 0 Å². The lowest BCUT2D eigenvalue weighted by atomic mass is 10.2. The third kappa shape index (κ3) is 4.76. The summed E-state index contributed by atoms with van der Waals surface area (Å²) in [5.41, 5.74) is 2.89. The Morgan fingerprint density at radius 3 is 2.48 bits per heavy atom. The minimum absolute atomic E-state index is 0.0408. The van der Waals surface area contributed by atoms with Crippen molar-refractivity contribution in [2.75, 3.05) is 16.0 Å². The molecular formula is C21H24N6OS. The van der Waals surface area contributed by atoms with Gasteiger partial charge in [0.2, 0.25) is 11.1 Å². The normalized spacial score (nSPS) is 13.5. The van der Waals surface area contributed by atoms with Gasteiger partial charge in [-0.15, -0.1) is 5.10 Å². The van der Waals surface area contributed by atoms with Gasteiger partial charge >= 0.3 is 0 Å². The first-order chi connectivity index (χ1) is 14.1. The molecule has 2 aromatic carbocycles. The van der Waals surface area contributed by atoms with Gasteiger partial charge in [-0.1, -0.05) is 30.0 Å². The molecule has 1 fully saturated rings. The fourth-order valence-electron chi connectivity index (χ4n) is 3.15. The standard InChI is InChI=1S/C21H24N6OS/c1-15(2)26(20(28)14-29-21-23-24-25-27(21)19-12-13-19)18-10-8-17(9-11-18)22-16-6-4-3-5-7-16/h3-11,15,19,22H,12-14H2,1-2H3. The largest absolute Gasteiger partial charge is 0.356 e. The van der Waals surface area contributed by atoms with Gasteiger partial charge in [0.15, 0.2) is 0 Å². The molecule has 0 radical (unpaired) electrons. The summed E-state index contributed by atoms with van der Waals surface area (Å²) in [6.45, 7) is 4.04. The molecule has 0 saturated heterocycles. The van der Waals surface area contributed by atoms with Crippen LogP contribution >= 0.6 is 11.8 Å². The van der Waals surface area contributed by atoms with E-state index in [1.807, 2.05) is 78.0 Å². The van der Waals surface area contributed by atoms with E-state index in [0.717, 1.165) is 29.9 Å². The average Bonchev–Trinajstić information content (AvgIpc) is 3.46. The highest BCUT2D eigenvalue weighted by molar-refractivity contribution is 7.99. The molecule has 0 spiro atoms. The lowest BCUT2D eigenvalue weighted by Crippen LogP contribution is -2.38. The van der Waals surface area contributed by atoms with E-state index in [-0.39, 0.29) is 11.9 Å². The monoisotopic (exact) mass is 408 g/mol. The Morgan fingerprint density at radius 2 is 1.83 bits per heavy atom. The molecule has 0 unspecified atom stereocenters. The van der Waals surface area contributed by atoms with Crippen LogP contribution in [0.4, 0.5) is 17.1 Å². The lowest BCUT2D eigenvalue weighted by molar-refractivity contribution is -0.116. The summed E-state index contributed by atoms with van der Waals surface area (Å²) in [4.78, 5) is 14.8. The van der Waals surface area contributed by atoms with Crippen LogP contribution in [-0.2, 0) is 4.79 Å². The summed E-state index contributed by atoms with van der Waals surface area (Å²) < 4.78 is 1.84. The molecule has 1 aromatic heterocycles. The second-order valence-electron chi connectivity index (χ2n) is 7.32. The van der Waals surface area contributed by atoms with Crippen LogP contribution in [0.3, 0.4) is 0 Å². The fraction of sp³-hybridized carbons (Fsp3) is 0.333. The Hall–Kier alpha value is -2.87. The van der Waals surface area contributed by atoms with Gasteiger partial charge in [0.25, 0.3) is 0 Å². The Kier molecular flexibility index (Phi) is 5.80. The smallest absolute Gasteiger partial charge is 0.237 e. The SMILES string of the molecule is CC(C)N(C(=O)CSc1nnnn1C1CC1)c1ccc(Nc2ccccc2)cc1. The summed E-state index contributed by atoms with van der Waals surface area (Å²) in [5.74, 6) is 0.342. The number of hydrogen-bond acceptors (Lipinski definition) is 6. The number of tetrazole rings is 1. The minimum Gasteiger partial charge on any atom is -0.356 e. The van der Waals surface area contributed by atoms with Crippen molar-refractivity contribution in [3.05, 3.63) is 54.6 Å². The first-order valence-corrected chi connectivity index (χ1v) is 10.8. The summed E-state index contributed by atoms with van der Waals surface area (Å²) in [5, 5.41) is 15.9. The lowest BCUT2D eigenvalue weighted by Gasteiger charge is -2.27. The molecule has 0 aliphatic heterocycles. The third-order valence-corrected chi connectivity index (χ3v) is 5.59. The predicted molar refractivity (Wildman–Crippen MR) is 116 cm³/mol. The van der Waals surface area contributed by atoms with Gasteiger partial charge in [0, 0.05) is 23.1 Å². The van der Waals surface area contributed by atoms with E-state index in [1.54, 1.807) is 0 Å². The molecule has 29 heavy (non-hydrogen) atoms. The van der Waals surface area contributed by atoms with E-state index < -0.39 is 0 Å². The quantitative estimate of drug-likeness (QED) is 0.561. The fourth-order valence-corrected chi connectivity index (χ4v) is 3.95. The number of rotatable bonds is 8. The number of amides is 1. The van der Waals surface area contributed by atoms with Crippen molar-refractivity contribution in [2.45, 2.75) is 43.9 Å². The topological polar surface area (TPSA) is 75.9 Å². The number of nitrogens with one attached hydrogen (secondary N) is 1. The molecule has 4 rings (SSSR count). The zero-order chi connectivity index (χ0) is 20.2. The zero-order valence-electron chi connectivity index (χ0n) is 16.5. The maximum absolute atomic E-state index is 13.0. The highest BCUT2D eigenvalue weighted by Gasteiger charge is 2.28. The summed E-state index contributed by atoms with van der Waals surface area (Å²) in [7, 11) is 0. The highest BCUT2D eigenvalue weighted by atomic mass is 32.2. The number of carbonyl (C=O) groups excluding carboxylic acids is 1. The van der Waals surface area contributed by atoms with Crippen LogP contribution in [0.25, 0.3) is 0 Å². The van der Waals surface area contributed by atoms with Crippen molar-refractivity contribution in [1.82, 2.24) is 20.2 Å². The number of hydrogen-bond donors (Lipinski definition) is 1. The van der Waals surface area contributed by atoms with Crippen molar-refractivity contribution in [1.29, 1.82) is 0 Å². The van der Waals surface area contributed by atoms with Crippen molar-refractivity contribution < 1.29 is 4.79 Å². The van der Waals surface area contributed by atoms with E-state index in [1.165, 1.54) is 11.8 Å². The van der Waals surface area contributed by atoms with Crippen molar-refractivity contribution in [3.8, 4) is 0 Å². The number of benzene rings is 2. The molecule has 1 saturated carbocycles. The van der Waals surface area contributed by atoms with Gasteiger partial charge in [-0.05, 0) is 73.5 Å². The van der Waals surface area contributed by atoms with Crippen LogP contribution in [-0.4, -0.2) is 37.9 Å². The second kappa shape index (κ2) is 8.65. The zero-order valence-corrected chi connectivity index (χ0v) is 17.3. The van der Waals surface area contributed by atoms with E-state index >= 15 is 0 Å². The Bertz CT molecular complexity index is 953. The molecule has 7 nitrogen and oxygen atoms in total. The minimum atomic E-state index is 0.0408. The van der Waals surface area contributed by atoms with E-state index in [2.05, 4.69) is 20.8 Å². The van der Waals surface area contributed by atoms with Gasteiger partial charge in [0.1, 0.15) is 0 Å². The molecule has 1 heterocycles. The summed E-state index contributed by atoms with van der Waals surface area (Å²) >= 11 is 1.40. The molecule has 8 heteroatoms. The predicted octanol–water partition coefficient (Wildman–Crippen LogP) is 4.29. The Balaban J connectivity index is 1.42. The Labute approximate surface area is 174 Å². The number of nitrogens with zero attached hydrogens (tertiary/aromatic N) is 5. The van der Waals surface area contributed by atoms with Crippen molar-refractivity contribution in [2.24, 2.45) is 0 Å². The third-order valence-electron chi connectivity index (χ3n) is 4.67. The molecule has 1 N–H and O–H groups in total. The van der Waals surface area contributed by atoms with Crippen LogP contribution in [0, 0.1) is 0 Å². The van der Waals surface area contributed by atoms with Crippen molar-refractivity contribution >= 4 is 34.7 Å². The molecule has 0 atom stereocenters. The number of anilines is 3. The van der Waals surface area contributed by atoms with Gasteiger partial charge in [-0.2, -0.15) is 0 Å². The van der Waals surface area contributed by atoms with Crippen LogP contribution in [0.2, 0.25) is 0 Å². The summed E-state index contributed by atoms with van der Waals surface area (Å²) in [6, 6.07) is 18.4. The van der Waals surface area contributed by atoms with E-state index in [4.69, 9.17) is 0 Å². The second-order valence-corrected chi connectivity index (χ2v) is 8.26. The molecular weight excluding hydrogens is 384 g/mol. The number of aromatic nitrogens is 4. The molecule has 3 aromatic rings. The van der Waals surface area contributed by atoms with E-state index in [0.29, 0.717) is 17.0 Å². The first kappa shape index (κ1) is 19.4. The van der Waals surface area contributed by atoms with E-state index in [9.17, 15) is 4.79 Å². The van der Waals surface area contributed by atoms with Crippen LogP contribution in [0.1, 0.15) is 32.7 Å². The molecule has 1 aliphatic rings. The molecule has 1 aliphatic carbocycles. The maximum Gasteiger partial charge on any atom is 0.237 e. The van der Waals surface area contributed by atoms with Gasteiger partial charge < -0.3 is 10.2 Å². The molecule has 1 amide bonds. The number of para-hydroxylation sites is 1. The molecule has 0 bridgehead atoms. The Morgan fingerprint density at radius 1 is 1.14 bits per heavy atom. The summed E-state index contributed by atoms with van der Waals surface area (Å²) in [6.07, 6.45) is 2.21. The van der Waals surface area contributed by atoms with Gasteiger partial charge in [-0.3, -0.25) is 4.79 Å². The van der Waals surface area contributed by atoms with Gasteiger partial charge in [0.05, 0.1) is 11.8 Å². The molecule has 150 valence electrons. The average molecular weight is 409 g/mol. The first-order valence-electron chi connectivity index (χ1n) is 9.76. The van der Waals surface area contributed by atoms with Crippen LogP contribution < -0.4 is 10.2 Å². The maximum atomic E-state index is 13.0. The van der Waals surface area contributed by atoms with Crippen LogP contribution in [0.15, 0.2) is 59.8 Å². The van der Waals surface area contributed by atoms with Crippen molar-refractivity contribution in [3.63, 3.8) is 0 Å². The number of carbonyl (C=O) groups is 1. The highest BCUT2D eigenvalue weighted by Crippen LogP contribution is 2.36.